The second kappa shape index (κ2) is 6.05. The molecule has 0 spiro atoms. The van der Waals surface area contributed by atoms with E-state index < -0.39 is 11.4 Å². The van der Waals surface area contributed by atoms with Gasteiger partial charge in [-0.1, -0.05) is 0 Å². The summed E-state index contributed by atoms with van der Waals surface area (Å²) in [6.07, 6.45) is 1.05. The predicted octanol–water partition coefficient (Wildman–Crippen LogP) is -0.927. The van der Waals surface area contributed by atoms with Gasteiger partial charge in [0.25, 0.3) is 0 Å². The molecule has 1 atom stereocenters. The van der Waals surface area contributed by atoms with Crippen molar-refractivity contribution in [1.29, 1.82) is 0 Å². The average molecular weight is 216 g/mol. The molecule has 0 saturated carbocycles. The Kier molecular flexibility index (Phi) is 5.79. The van der Waals surface area contributed by atoms with Gasteiger partial charge in [-0.2, -0.15) is 0 Å². The smallest absolute Gasteiger partial charge is 0.238 e. The Morgan fingerprint density at radius 2 is 1.80 bits per heavy atom. The number of nitrogens with zero attached hydrogens (tertiary/aromatic N) is 2. The lowest BCUT2D eigenvalue weighted by Gasteiger charge is -2.27. The van der Waals surface area contributed by atoms with Crippen molar-refractivity contribution in [2.24, 2.45) is 11.5 Å². The molecular formula is C10H24N4O. The van der Waals surface area contributed by atoms with E-state index in [4.69, 9.17) is 11.5 Å². The first-order valence-electron chi connectivity index (χ1n) is 5.18. The van der Waals surface area contributed by atoms with E-state index in [-0.39, 0.29) is 0 Å². The fraction of sp³-hybridized carbons (Fsp3) is 0.900. The van der Waals surface area contributed by atoms with E-state index in [1.54, 1.807) is 6.92 Å². The number of hydrogen-bond acceptors (Lipinski definition) is 4. The second-order valence-corrected chi connectivity index (χ2v) is 4.68. The number of primary amides is 1. The summed E-state index contributed by atoms with van der Waals surface area (Å²) in [5.74, 6) is -0.457. The minimum atomic E-state index is -0.938. The topological polar surface area (TPSA) is 75.6 Å². The standard InChI is InChI=1S/C10H24N4O/c1-10(12,9(11)15)8-14(4)7-5-6-13(2)3/h5-8,12H2,1-4H3,(H2,11,15). The van der Waals surface area contributed by atoms with Gasteiger partial charge in [0.1, 0.15) is 5.54 Å². The van der Waals surface area contributed by atoms with Crippen molar-refractivity contribution in [3.8, 4) is 0 Å². The Morgan fingerprint density at radius 3 is 2.20 bits per heavy atom. The Balaban J connectivity index is 3.83. The molecule has 1 unspecified atom stereocenters. The van der Waals surface area contributed by atoms with Crippen molar-refractivity contribution < 1.29 is 4.79 Å². The van der Waals surface area contributed by atoms with Gasteiger partial charge in [0.05, 0.1) is 0 Å². The monoisotopic (exact) mass is 216 g/mol. The molecule has 0 aromatic carbocycles. The number of likely N-dealkylation sites (N-methyl/N-ethyl adjacent to an activating group) is 1. The average Bonchev–Trinajstić information content (AvgIpc) is 2.01. The second-order valence-electron chi connectivity index (χ2n) is 4.68. The van der Waals surface area contributed by atoms with Crippen LogP contribution in [0, 0.1) is 0 Å². The Bertz CT molecular complexity index is 204. The molecule has 0 aromatic heterocycles. The Morgan fingerprint density at radius 1 is 1.27 bits per heavy atom. The summed E-state index contributed by atoms with van der Waals surface area (Å²) in [5, 5.41) is 0. The maximum Gasteiger partial charge on any atom is 0.238 e. The third kappa shape index (κ3) is 6.43. The van der Waals surface area contributed by atoms with Crippen molar-refractivity contribution in [2.45, 2.75) is 18.9 Å². The van der Waals surface area contributed by atoms with E-state index in [0.29, 0.717) is 6.54 Å². The zero-order valence-electron chi connectivity index (χ0n) is 10.3. The van der Waals surface area contributed by atoms with Crippen LogP contribution in [-0.2, 0) is 4.79 Å². The minimum Gasteiger partial charge on any atom is -0.368 e. The van der Waals surface area contributed by atoms with Gasteiger partial charge in [-0.05, 0) is 47.6 Å². The van der Waals surface area contributed by atoms with Crippen molar-refractivity contribution in [3.63, 3.8) is 0 Å². The zero-order chi connectivity index (χ0) is 12.1. The first kappa shape index (κ1) is 14.3. The largest absolute Gasteiger partial charge is 0.368 e. The predicted molar refractivity (Wildman–Crippen MR) is 62.5 cm³/mol. The molecular weight excluding hydrogens is 192 g/mol. The zero-order valence-corrected chi connectivity index (χ0v) is 10.3. The SMILES string of the molecule is CN(C)CCCN(C)CC(C)(N)C(N)=O. The van der Waals surface area contributed by atoms with E-state index in [9.17, 15) is 4.79 Å². The van der Waals surface area contributed by atoms with E-state index in [2.05, 4.69) is 4.90 Å². The molecule has 0 heterocycles. The first-order chi connectivity index (χ1) is 6.75. The summed E-state index contributed by atoms with van der Waals surface area (Å²) in [6, 6.07) is 0. The summed E-state index contributed by atoms with van der Waals surface area (Å²) in [4.78, 5) is 15.2. The summed E-state index contributed by atoms with van der Waals surface area (Å²) in [5.41, 5.74) is 10.0. The highest BCUT2D eigenvalue weighted by atomic mass is 16.1. The molecule has 15 heavy (non-hydrogen) atoms. The summed E-state index contributed by atoms with van der Waals surface area (Å²) in [6.45, 7) is 4.11. The van der Waals surface area contributed by atoms with Crippen LogP contribution in [0.2, 0.25) is 0 Å². The van der Waals surface area contributed by atoms with Crippen LogP contribution in [-0.4, -0.2) is 62.0 Å². The molecule has 4 N–H and O–H groups in total. The molecule has 0 aliphatic carbocycles. The molecule has 5 heteroatoms. The molecule has 0 aromatic rings. The molecule has 0 aliphatic rings. The van der Waals surface area contributed by atoms with Gasteiger partial charge in [-0.15, -0.1) is 0 Å². The molecule has 0 radical (unpaired) electrons. The summed E-state index contributed by atoms with van der Waals surface area (Å²) >= 11 is 0. The van der Waals surface area contributed by atoms with Crippen LogP contribution in [0.25, 0.3) is 0 Å². The number of nitrogens with two attached hydrogens (primary N) is 2. The van der Waals surface area contributed by atoms with Crippen molar-refractivity contribution in [1.82, 2.24) is 9.80 Å². The molecule has 5 nitrogen and oxygen atoms in total. The quantitative estimate of drug-likeness (QED) is 0.577. The first-order valence-corrected chi connectivity index (χ1v) is 5.18. The number of carbonyl (C=O) groups is 1. The van der Waals surface area contributed by atoms with Gasteiger partial charge in [0, 0.05) is 6.54 Å². The Hall–Kier alpha value is -0.650. The number of carbonyl (C=O) groups excluding carboxylic acids is 1. The summed E-state index contributed by atoms with van der Waals surface area (Å²) in [7, 11) is 6.02. The highest BCUT2D eigenvalue weighted by Gasteiger charge is 2.26. The van der Waals surface area contributed by atoms with Gasteiger partial charge < -0.3 is 21.3 Å². The van der Waals surface area contributed by atoms with E-state index in [0.717, 1.165) is 19.5 Å². The molecule has 0 saturated heterocycles. The van der Waals surface area contributed by atoms with Crippen LogP contribution in [0.15, 0.2) is 0 Å². The van der Waals surface area contributed by atoms with Crippen LogP contribution in [0.3, 0.4) is 0 Å². The summed E-state index contributed by atoms with van der Waals surface area (Å²) < 4.78 is 0. The molecule has 0 aliphatic heterocycles. The van der Waals surface area contributed by atoms with E-state index in [1.807, 2.05) is 26.0 Å². The van der Waals surface area contributed by atoms with Gasteiger partial charge in [-0.3, -0.25) is 4.79 Å². The van der Waals surface area contributed by atoms with E-state index in [1.165, 1.54) is 0 Å². The third-order valence-corrected chi connectivity index (χ3v) is 2.31. The van der Waals surface area contributed by atoms with Gasteiger partial charge in [-0.25, -0.2) is 0 Å². The molecule has 0 bridgehead atoms. The lowest BCUT2D eigenvalue weighted by atomic mass is 10.0. The van der Waals surface area contributed by atoms with Crippen LogP contribution >= 0.6 is 0 Å². The number of rotatable bonds is 7. The van der Waals surface area contributed by atoms with Gasteiger partial charge in [0.2, 0.25) is 5.91 Å². The molecule has 90 valence electrons. The van der Waals surface area contributed by atoms with Crippen LogP contribution in [0.1, 0.15) is 13.3 Å². The van der Waals surface area contributed by atoms with Crippen molar-refractivity contribution in [3.05, 3.63) is 0 Å². The highest BCUT2D eigenvalue weighted by Crippen LogP contribution is 2.01. The lowest BCUT2D eigenvalue weighted by Crippen LogP contribution is -2.56. The van der Waals surface area contributed by atoms with Gasteiger partial charge in [0.15, 0.2) is 0 Å². The molecule has 0 fully saturated rings. The molecule has 0 rings (SSSR count). The fourth-order valence-corrected chi connectivity index (χ4v) is 1.37. The van der Waals surface area contributed by atoms with Crippen molar-refractivity contribution >= 4 is 5.91 Å². The third-order valence-electron chi connectivity index (χ3n) is 2.31. The minimum absolute atomic E-state index is 0.457. The highest BCUT2D eigenvalue weighted by molar-refractivity contribution is 5.84. The maximum atomic E-state index is 11.0. The van der Waals surface area contributed by atoms with E-state index >= 15 is 0 Å². The fourth-order valence-electron chi connectivity index (χ4n) is 1.37. The van der Waals surface area contributed by atoms with Gasteiger partial charge >= 0.3 is 0 Å². The normalized spacial score (nSPS) is 15.7. The van der Waals surface area contributed by atoms with Crippen LogP contribution in [0.5, 0.6) is 0 Å². The maximum absolute atomic E-state index is 11.0. The lowest BCUT2D eigenvalue weighted by molar-refractivity contribution is -0.123. The number of hydrogen-bond donors (Lipinski definition) is 2. The Labute approximate surface area is 92.4 Å². The van der Waals surface area contributed by atoms with Crippen LogP contribution < -0.4 is 11.5 Å². The van der Waals surface area contributed by atoms with Crippen LogP contribution in [0.4, 0.5) is 0 Å². The number of amides is 1. The molecule has 1 amide bonds. The van der Waals surface area contributed by atoms with Crippen molar-refractivity contribution in [2.75, 3.05) is 40.8 Å².